The molecule has 2 amide bonds. The first-order chi connectivity index (χ1) is 20.6. The van der Waals surface area contributed by atoms with Crippen molar-refractivity contribution in [3.63, 3.8) is 0 Å². The highest BCUT2D eigenvalue weighted by molar-refractivity contribution is 6.06. The second kappa shape index (κ2) is 18.1. The summed E-state index contributed by atoms with van der Waals surface area (Å²) in [5, 5.41) is 8.68. The van der Waals surface area contributed by atoms with Gasteiger partial charge in [-0.2, -0.15) is 0 Å². The van der Waals surface area contributed by atoms with E-state index in [1.54, 1.807) is 6.07 Å². The Labute approximate surface area is 255 Å². The number of nitrogens with one attached hydrogen (secondary N) is 3. The molecule has 0 aliphatic rings. The lowest BCUT2D eigenvalue weighted by molar-refractivity contribution is -0.109. The Kier molecular flexibility index (Phi) is 14.6. The molecule has 0 saturated carbocycles. The number of carbonyl (C=O) groups excluding carboxylic acids is 2. The quantitative estimate of drug-likeness (QED) is 0.0825. The molecule has 10 nitrogen and oxygen atoms in total. The van der Waals surface area contributed by atoms with Crippen molar-refractivity contribution in [1.82, 2.24) is 5.32 Å². The molecule has 5 N–H and O–H groups in total. The lowest BCUT2D eigenvalue weighted by Crippen LogP contribution is -2.14. The molecule has 2 aromatic carbocycles. The highest BCUT2D eigenvalue weighted by Crippen LogP contribution is 2.26. The van der Waals surface area contributed by atoms with E-state index in [0.29, 0.717) is 18.2 Å². The fraction of sp³-hybridized carbons (Fsp3) is 0.364. The molecule has 3 aromatic rings. The van der Waals surface area contributed by atoms with E-state index in [9.17, 15) is 9.59 Å². The Bertz CT molecular complexity index is 1360. The number of nitrogens with zero attached hydrogens (tertiary/aromatic N) is 3. The van der Waals surface area contributed by atoms with E-state index in [4.69, 9.17) is 10.2 Å². The number of furan rings is 1. The molecule has 0 unspecified atom stereocenters. The molecule has 0 fully saturated rings. The van der Waals surface area contributed by atoms with Crippen LogP contribution in [0.4, 0.5) is 11.4 Å². The molecule has 230 valence electrons. The molecule has 0 radical (unpaired) electrons. The summed E-state index contributed by atoms with van der Waals surface area (Å²) in [7, 11) is 0. The first-order valence-electron chi connectivity index (χ1n) is 14.3. The minimum Gasteiger partial charge on any atom is -0.455 e. The lowest BCUT2D eigenvalue weighted by atomic mass is 9.94. The Morgan fingerprint density at radius 1 is 1.02 bits per heavy atom. The molecule has 0 spiro atoms. The van der Waals surface area contributed by atoms with Crippen molar-refractivity contribution in [3.8, 4) is 0 Å². The minimum absolute atomic E-state index is 0.117. The molecule has 0 bridgehead atoms. The van der Waals surface area contributed by atoms with Crippen LogP contribution in [0, 0.1) is 6.92 Å². The van der Waals surface area contributed by atoms with Crippen molar-refractivity contribution in [2.24, 2.45) is 20.7 Å². The van der Waals surface area contributed by atoms with E-state index >= 15 is 0 Å². The smallest absolute Gasteiger partial charge is 0.291 e. The van der Waals surface area contributed by atoms with Gasteiger partial charge in [0.15, 0.2) is 11.6 Å². The third-order valence-corrected chi connectivity index (χ3v) is 6.50. The van der Waals surface area contributed by atoms with Crippen molar-refractivity contribution < 1.29 is 14.0 Å². The molecular formula is C33H45N7O3. The molecule has 43 heavy (non-hydrogen) atoms. The number of amidine groups is 1. The van der Waals surface area contributed by atoms with Crippen molar-refractivity contribution in [1.29, 1.82) is 0 Å². The van der Waals surface area contributed by atoms with Gasteiger partial charge in [0.05, 0.1) is 6.67 Å². The van der Waals surface area contributed by atoms with Gasteiger partial charge in [0.1, 0.15) is 12.4 Å². The van der Waals surface area contributed by atoms with Crippen LogP contribution in [0.25, 0.3) is 0 Å². The number of benzene rings is 2. The highest BCUT2D eigenvalue weighted by Gasteiger charge is 2.21. The summed E-state index contributed by atoms with van der Waals surface area (Å²) >= 11 is 0. The Morgan fingerprint density at radius 3 is 2.37 bits per heavy atom. The second-order valence-corrected chi connectivity index (χ2v) is 10.8. The summed E-state index contributed by atoms with van der Waals surface area (Å²) in [6.45, 7) is 16.4. The molecular weight excluding hydrogens is 542 g/mol. The van der Waals surface area contributed by atoms with Gasteiger partial charge in [-0.05, 0) is 81.1 Å². The molecule has 1 heterocycles. The van der Waals surface area contributed by atoms with E-state index in [0.717, 1.165) is 61.2 Å². The number of hydrogen-bond donors (Lipinski definition) is 4. The fourth-order valence-corrected chi connectivity index (χ4v) is 4.10. The number of aryl methyl sites for hydroxylation is 1. The fourth-order valence-electron chi connectivity index (χ4n) is 4.10. The Balaban J connectivity index is 0.000000317. The second-order valence-electron chi connectivity index (χ2n) is 10.8. The number of amides is 2. The molecule has 0 saturated heterocycles. The van der Waals surface area contributed by atoms with Gasteiger partial charge >= 0.3 is 0 Å². The van der Waals surface area contributed by atoms with Crippen LogP contribution in [0.15, 0.2) is 74.0 Å². The zero-order valence-electron chi connectivity index (χ0n) is 25.8. The van der Waals surface area contributed by atoms with Crippen molar-refractivity contribution in [3.05, 3.63) is 82.8 Å². The molecule has 10 heteroatoms. The number of carbonyl (C=O) groups is 2. The van der Waals surface area contributed by atoms with Crippen LogP contribution < -0.4 is 21.7 Å². The third kappa shape index (κ3) is 11.7. The van der Waals surface area contributed by atoms with Crippen molar-refractivity contribution in [2.45, 2.75) is 58.8 Å². The number of hydrogen-bond acceptors (Lipinski definition) is 7. The monoisotopic (exact) mass is 587 g/mol. The molecule has 3 rings (SSSR count). The molecule has 0 aliphatic carbocycles. The van der Waals surface area contributed by atoms with E-state index in [2.05, 4.69) is 68.6 Å². The molecule has 1 aromatic heterocycles. The summed E-state index contributed by atoms with van der Waals surface area (Å²) in [6.07, 6.45) is 5.18. The van der Waals surface area contributed by atoms with Crippen LogP contribution in [0.3, 0.4) is 0 Å². The van der Waals surface area contributed by atoms with E-state index < -0.39 is 0 Å². The minimum atomic E-state index is -0.306. The van der Waals surface area contributed by atoms with Crippen LogP contribution in [0.5, 0.6) is 0 Å². The number of unbranched alkanes of at least 4 members (excludes halogenated alkanes) is 2. The maximum absolute atomic E-state index is 12.5. The van der Waals surface area contributed by atoms with Gasteiger partial charge in [-0.1, -0.05) is 51.5 Å². The molecule has 0 aliphatic heterocycles. The van der Waals surface area contributed by atoms with E-state index in [1.165, 1.54) is 5.56 Å². The van der Waals surface area contributed by atoms with Crippen LogP contribution in [0.1, 0.15) is 73.0 Å². The van der Waals surface area contributed by atoms with Gasteiger partial charge in [-0.15, -0.1) is 0 Å². The predicted octanol–water partition coefficient (Wildman–Crippen LogP) is 5.72. The van der Waals surface area contributed by atoms with Gasteiger partial charge < -0.3 is 26.1 Å². The topological polar surface area (TPSA) is 146 Å². The van der Waals surface area contributed by atoms with Gasteiger partial charge in [0, 0.05) is 28.9 Å². The average molecular weight is 588 g/mol. The summed E-state index contributed by atoms with van der Waals surface area (Å²) in [4.78, 5) is 34.3. The van der Waals surface area contributed by atoms with Crippen molar-refractivity contribution >= 4 is 43.0 Å². The Morgan fingerprint density at radius 2 is 1.77 bits per heavy atom. The van der Waals surface area contributed by atoms with Gasteiger partial charge in [-0.3, -0.25) is 19.6 Å². The Hall–Kier alpha value is -4.57. The van der Waals surface area contributed by atoms with Crippen LogP contribution in [-0.4, -0.2) is 51.5 Å². The van der Waals surface area contributed by atoms with Gasteiger partial charge in [0.2, 0.25) is 6.41 Å². The number of anilines is 2. The number of rotatable bonds is 14. The summed E-state index contributed by atoms with van der Waals surface area (Å²) < 4.78 is 5.68. The standard InChI is InChI=1S/C19H24N4O2.C14H21N3O/c1-12-13(17(21-5)22-11-20)7-6-8-14(12)23-18(24)15-9-10-16(25-15)19(2,3)4;1-15-11-17-14-8-6-13(7-9-14)5-3-2-4-10-16-12-18/h6-10H,5,11,20H2,1-4H3,(H,23,24);6-9,12,17H,1-5,10-11H2,(H,16,18)/b22-17-;. The van der Waals surface area contributed by atoms with Crippen LogP contribution in [-0.2, 0) is 16.6 Å². The lowest BCUT2D eigenvalue weighted by Gasteiger charge is -2.14. The summed E-state index contributed by atoms with van der Waals surface area (Å²) in [5.41, 5.74) is 9.99. The van der Waals surface area contributed by atoms with E-state index in [1.807, 2.05) is 52.0 Å². The number of aliphatic imine (C=N–C) groups is 3. The third-order valence-electron chi connectivity index (χ3n) is 6.50. The van der Waals surface area contributed by atoms with E-state index in [-0.39, 0.29) is 23.8 Å². The first-order valence-corrected chi connectivity index (χ1v) is 14.3. The SMILES string of the molecule is C=N/C(=N\CN)c1cccc(NC(=O)c2ccc(C(C)(C)C)o2)c1C.C=NCNc1ccc(CCCCCNC=O)cc1. The number of nitrogens with two attached hydrogens (primary N) is 1. The highest BCUT2D eigenvalue weighted by atomic mass is 16.4. The predicted molar refractivity (Wildman–Crippen MR) is 178 cm³/mol. The summed E-state index contributed by atoms with van der Waals surface area (Å²) in [5.74, 6) is 1.17. The maximum Gasteiger partial charge on any atom is 0.291 e. The normalized spacial score (nSPS) is 11.1. The van der Waals surface area contributed by atoms with Crippen LogP contribution in [0.2, 0.25) is 0 Å². The molecule has 0 atom stereocenters. The zero-order chi connectivity index (χ0) is 31.7. The largest absolute Gasteiger partial charge is 0.455 e. The average Bonchev–Trinajstić information content (AvgIpc) is 3.51. The zero-order valence-corrected chi connectivity index (χ0v) is 25.8. The maximum atomic E-state index is 12.5. The summed E-state index contributed by atoms with van der Waals surface area (Å²) in [6, 6.07) is 17.4. The van der Waals surface area contributed by atoms with Gasteiger partial charge in [-0.25, -0.2) is 4.99 Å². The van der Waals surface area contributed by atoms with Gasteiger partial charge in [0.25, 0.3) is 5.91 Å². The first kappa shape index (κ1) is 34.6. The van der Waals surface area contributed by atoms with Crippen molar-refractivity contribution in [2.75, 3.05) is 30.5 Å². The van der Waals surface area contributed by atoms with Crippen LogP contribution >= 0.6 is 0 Å².